The van der Waals surface area contributed by atoms with Crippen LogP contribution in [0.5, 0.6) is 0 Å². The fourth-order valence-electron chi connectivity index (χ4n) is 1.44. The molecule has 78 valence electrons. The molecule has 3 rings (SSSR count). The zero-order valence-corrected chi connectivity index (χ0v) is 8.53. The minimum atomic E-state index is -0.968. The highest BCUT2D eigenvalue weighted by molar-refractivity contribution is 7.13. The van der Waals surface area contributed by atoms with Gasteiger partial charge in [-0.2, -0.15) is 15.4 Å². The van der Waals surface area contributed by atoms with E-state index in [0.29, 0.717) is 16.6 Å². The van der Waals surface area contributed by atoms with Gasteiger partial charge in [0.1, 0.15) is 11.0 Å². The zero-order valence-electron chi connectivity index (χ0n) is 7.71. The molecule has 0 amide bonds. The standard InChI is InChI=1S/C10H3F2N3S/c11-6-4-16-10(8(6)12)5-2-1-3-7-9(5)14-15-13-7/h1-2H,(H,13,14,15). The number of nitrogens with zero attached hydrogens (tertiary/aromatic N) is 2. The summed E-state index contributed by atoms with van der Waals surface area (Å²) in [5, 5.41) is 12.4. The lowest BCUT2D eigenvalue weighted by molar-refractivity contribution is 0.517. The molecule has 0 spiro atoms. The van der Waals surface area contributed by atoms with Crippen molar-refractivity contribution < 1.29 is 8.78 Å². The molecule has 3 nitrogen and oxygen atoms in total. The number of hydrogen-bond donors (Lipinski definition) is 1. The second-order valence-electron chi connectivity index (χ2n) is 3.07. The van der Waals surface area contributed by atoms with Crippen LogP contribution in [0.1, 0.15) is 0 Å². The summed E-state index contributed by atoms with van der Waals surface area (Å²) < 4.78 is 26.3. The number of fused-ring (bicyclic) bond motifs is 1. The van der Waals surface area contributed by atoms with E-state index in [2.05, 4.69) is 26.9 Å². The first-order chi connectivity index (χ1) is 7.77. The van der Waals surface area contributed by atoms with Crippen LogP contribution in [-0.4, -0.2) is 15.4 Å². The maximum absolute atomic E-state index is 13.4. The van der Waals surface area contributed by atoms with Gasteiger partial charge in [0.25, 0.3) is 0 Å². The Morgan fingerprint density at radius 1 is 1.31 bits per heavy atom. The molecule has 2 radical (unpaired) electrons. The molecule has 0 saturated heterocycles. The average molecular weight is 235 g/mol. The van der Waals surface area contributed by atoms with Gasteiger partial charge in [0.2, 0.25) is 0 Å². The summed E-state index contributed by atoms with van der Waals surface area (Å²) in [6.45, 7) is 0. The lowest BCUT2D eigenvalue weighted by Crippen LogP contribution is -1.82. The van der Waals surface area contributed by atoms with Crippen LogP contribution in [0, 0.1) is 23.1 Å². The van der Waals surface area contributed by atoms with Gasteiger partial charge in [-0.1, -0.05) is 12.1 Å². The summed E-state index contributed by atoms with van der Waals surface area (Å²) in [4.78, 5) is 0.172. The first-order valence-corrected chi connectivity index (χ1v) is 5.16. The number of rotatable bonds is 1. The number of hydrogen-bond acceptors (Lipinski definition) is 3. The molecule has 6 heteroatoms. The Bertz CT molecular complexity index is 659. The van der Waals surface area contributed by atoms with Crippen molar-refractivity contribution in [2.45, 2.75) is 0 Å². The van der Waals surface area contributed by atoms with E-state index in [1.54, 1.807) is 12.1 Å². The molecule has 16 heavy (non-hydrogen) atoms. The van der Waals surface area contributed by atoms with E-state index in [0.717, 1.165) is 11.3 Å². The molecule has 2 aromatic heterocycles. The Balaban J connectivity index is 2.33. The fourth-order valence-corrected chi connectivity index (χ4v) is 2.18. The second kappa shape index (κ2) is 3.34. The quantitative estimate of drug-likeness (QED) is 0.704. The Kier molecular flexibility index (Phi) is 1.97. The van der Waals surface area contributed by atoms with Crippen molar-refractivity contribution in [3.05, 3.63) is 35.2 Å². The van der Waals surface area contributed by atoms with Gasteiger partial charge >= 0.3 is 0 Å². The third-order valence-electron chi connectivity index (χ3n) is 2.15. The summed E-state index contributed by atoms with van der Waals surface area (Å²) in [7, 11) is 0. The molecule has 0 aliphatic heterocycles. The van der Waals surface area contributed by atoms with Crippen LogP contribution in [0.3, 0.4) is 0 Å². The van der Waals surface area contributed by atoms with Crippen molar-refractivity contribution in [3.8, 4) is 10.4 Å². The molecular weight excluding hydrogens is 232 g/mol. The molecule has 0 aliphatic rings. The van der Waals surface area contributed by atoms with Gasteiger partial charge in [-0.3, -0.25) is 0 Å². The Morgan fingerprint density at radius 2 is 2.19 bits per heavy atom. The Labute approximate surface area is 92.7 Å². The molecular formula is C10H3F2N3S. The minimum Gasteiger partial charge on any atom is -0.202 e. The van der Waals surface area contributed by atoms with Crippen molar-refractivity contribution in [2.75, 3.05) is 0 Å². The van der Waals surface area contributed by atoms with Crippen molar-refractivity contribution in [3.63, 3.8) is 0 Å². The molecule has 0 aliphatic carbocycles. The first kappa shape index (κ1) is 9.41. The van der Waals surface area contributed by atoms with Crippen molar-refractivity contribution >= 4 is 22.4 Å². The molecule has 3 aromatic rings. The summed E-state index contributed by atoms with van der Waals surface area (Å²) in [6.07, 6.45) is 0. The largest absolute Gasteiger partial charge is 0.202 e. The predicted octanol–water partition coefficient (Wildman–Crippen LogP) is 2.56. The minimum absolute atomic E-state index is 0.172. The number of H-pyrrole nitrogens is 1. The summed E-state index contributed by atoms with van der Waals surface area (Å²) in [5.74, 6) is -1.87. The van der Waals surface area contributed by atoms with E-state index in [4.69, 9.17) is 0 Å². The normalized spacial score (nSPS) is 11.1. The summed E-state index contributed by atoms with van der Waals surface area (Å²) >= 11 is 0.877. The number of aromatic nitrogens is 3. The SMILES string of the molecule is Fc1[c]sc(-c2cc[c]c3n[nH]nc23)c1F. The molecule has 0 saturated carbocycles. The number of benzene rings is 1. The van der Waals surface area contributed by atoms with Crippen LogP contribution in [0.25, 0.3) is 21.5 Å². The van der Waals surface area contributed by atoms with Gasteiger partial charge in [-0.15, -0.1) is 11.3 Å². The van der Waals surface area contributed by atoms with Crippen LogP contribution in [0.4, 0.5) is 8.78 Å². The monoisotopic (exact) mass is 235 g/mol. The number of aromatic amines is 1. The van der Waals surface area contributed by atoms with E-state index in [-0.39, 0.29) is 4.88 Å². The van der Waals surface area contributed by atoms with Gasteiger partial charge in [0.05, 0.1) is 10.3 Å². The highest BCUT2D eigenvalue weighted by atomic mass is 32.1. The molecule has 1 aromatic carbocycles. The fraction of sp³-hybridized carbons (Fsp3) is 0. The van der Waals surface area contributed by atoms with Crippen molar-refractivity contribution in [2.24, 2.45) is 0 Å². The highest BCUT2D eigenvalue weighted by Gasteiger charge is 2.17. The van der Waals surface area contributed by atoms with E-state index in [1.165, 1.54) is 0 Å². The Hall–Kier alpha value is -1.82. The topological polar surface area (TPSA) is 41.6 Å². The van der Waals surface area contributed by atoms with Gasteiger partial charge in [-0.05, 0) is 0 Å². The molecule has 0 atom stereocenters. The molecule has 2 heterocycles. The van der Waals surface area contributed by atoms with Crippen LogP contribution >= 0.6 is 11.3 Å². The lowest BCUT2D eigenvalue weighted by Gasteiger charge is -1.97. The molecule has 1 N–H and O–H groups in total. The van der Waals surface area contributed by atoms with Gasteiger partial charge in [0.15, 0.2) is 11.6 Å². The maximum Gasteiger partial charge on any atom is 0.179 e. The van der Waals surface area contributed by atoms with E-state index >= 15 is 0 Å². The van der Waals surface area contributed by atoms with Crippen molar-refractivity contribution in [1.29, 1.82) is 0 Å². The molecule has 0 unspecified atom stereocenters. The summed E-state index contributed by atoms with van der Waals surface area (Å²) in [6, 6.07) is 6.05. The van der Waals surface area contributed by atoms with Crippen molar-refractivity contribution in [1.82, 2.24) is 15.4 Å². The highest BCUT2D eigenvalue weighted by Crippen LogP contribution is 2.33. The number of halogens is 2. The number of thiophene rings is 1. The van der Waals surface area contributed by atoms with Gasteiger partial charge in [0, 0.05) is 11.6 Å². The smallest absolute Gasteiger partial charge is 0.179 e. The Morgan fingerprint density at radius 3 is 2.94 bits per heavy atom. The van der Waals surface area contributed by atoms with Crippen LogP contribution in [-0.2, 0) is 0 Å². The summed E-state index contributed by atoms with van der Waals surface area (Å²) in [5.41, 5.74) is 1.45. The van der Waals surface area contributed by atoms with Crippen LogP contribution < -0.4 is 0 Å². The van der Waals surface area contributed by atoms with Gasteiger partial charge in [-0.25, -0.2) is 8.78 Å². The molecule has 0 fully saturated rings. The van der Waals surface area contributed by atoms with Crippen LogP contribution in [0.2, 0.25) is 0 Å². The van der Waals surface area contributed by atoms with Crippen LogP contribution in [0.15, 0.2) is 12.1 Å². The molecule has 0 bridgehead atoms. The third-order valence-corrected chi connectivity index (χ3v) is 3.04. The van der Waals surface area contributed by atoms with E-state index in [1.807, 2.05) is 0 Å². The first-order valence-electron chi connectivity index (χ1n) is 4.34. The maximum atomic E-state index is 13.4. The van der Waals surface area contributed by atoms with Gasteiger partial charge < -0.3 is 0 Å². The average Bonchev–Trinajstić information content (AvgIpc) is 2.87. The van der Waals surface area contributed by atoms with E-state index in [9.17, 15) is 8.78 Å². The second-order valence-corrected chi connectivity index (χ2v) is 3.89. The lowest BCUT2D eigenvalue weighted by atomic mass is 10.1. The zero-order chi connectivity index (χ0) is 11.1. The van der Waals surface area contributed by atoms with E-state index < -0.39 is 11.6 Å². The third kappa shape index (κ3) is 1.23. The predicted molar refractivity (Wildman–Crippen MR) is 54.8 cm³/mol. The number of nitrogens with one attached hydrogen (secondary N) is 1.